The lowest BCUT2D eigenvalue weighted by atomic mass is 10.1. The van der Waals surface area contributed by atoms with Crippen molar-refractivity contribution in [1.82, 2.24) is 9.55 Å². The molecule has 0 unspecified atom stereocenters. The van der Waals surface area contributed by atoms with Crippen LogP contribution < -0.4 is 11.2 Å². The van der Waals surface area contributed by atoms with Crippen molar-refractivity contribution in [1.29, 1.82) is 0 Å². The molecule has 1 aromatic heterocycles. The molecule has 0 saturated heterocycles. The highest BCUT2D eigenvalue weighted by atomic mass is 16.4. The van der Waals surface area contributed by atoms with Crippen LogP contribution in [0.3, 0.4) is 0 Å². The van der Waals surface area contributed by atoms with Gasteiger partial charge in [0, 0.05) is 0 Å². The molecule has 0 amide bonds. The molecule has 1 heterocycles. The minimum Gasteiger partial charge on any atom is -0.480 e. The molecule has 0 aliphatic rings. The summed E-state index contributed by atoms with van der Waals surface area (Å²) in [6.45, 7) is 1.12. The lowest BCUT2D eigenvalue weighted by Crippen LogP contribution is -2.37. The number of aromatic amines is 1. The van der Waals surface area contributed by atoms with Gasteiger partial charge in [-0.3, -0.25) is 9.59 Å². The third kappa shape index (κ3) is 1.84. The van der Waals surface area contributed by atoms with Crippen LogP contribution in [-0.2, 0) is 11.3 Å². The summed E-state index contributed by atoms with van der Waals surface area (Å²) in [6.07, 6.45) is 0. The minimum atomic E-state index is -1.23. The number of aromatic nitrogens is 2. The van der Waals surface area contributed by atoms with Crippen molar-refractivity contribution in [3.05, 3.63) is 44.6 Å². The van der Waals surface area contributed by atoms with E-state index in [2.05, 4.69) is 4.98 Å². The van der Waals surface area contributed by atoms with Gasteiger partial charge in [0.1, 0.15) is 6.54 Å². The van der Waals surface area contributed by atoms with E-state index in [1.165, 1.54) is 0 Å². The van der Waals surface area contributed by atoms with Gasteiger partial charge in [0.25, 0.3) is 5.56 Å². The van der Waals surface area contributed by atoms with E-state index in [4.69, 9.17) is 5.11 Å². The zero-order chi connectivity index (χ0) is 12.6. The summed E-state index contributed by atoms with van der Waals surface area (Å²) < 4.78 is 0.671. The fraction of sp³-hybridized carbons (Fsp3) is 0.182. The molecule has 88 valence electrons. The second-order valence-corrected chi connectivity index (χ2v) is 3.71. The van der Waals surface area contributed by atoms with Gasteiger partial charge in [-0.1, -0.05) is 12.1 Å². The van der Waals surface area contributed by atoms with Gasteiger partial charge in [-0.25, -0.2) is 9.36 Å². The van der Waals surface area contributed by atoms with Crippen molar-refractivity contribution >= 4 is 16.9 Å². The van der Waals surface area contributed by atoms with E-state index >= 15 is 0 Å². The van der Waals surface area contributed by atoms with Crippen molar-refractivity contribution in [3.8, 4) is 0 Å². The number of fused-ring (bicyclic) bond motifs is 1. The van der Waals surface area contributed by atoms with Crippen LogP contribution in [0.1, 0.15) is 5.56 Å². The molecule has 0 saturated carbocycles. The smallest absolute Gasteiger partial charge is 0.329 e. The van der Waals surface area contributed by atoms with Crippen LogP contribution in [0.5, 0.6) is 0 Å². The number of carbonyl (C=O) groups is 1. The Morgan fingerprint density at radius 3 is 2.76 bits per heavy atom. The topological polar surface area (TPSA) is 92.2 Å². The Morgan fingerprint density at radius 1 is 1.41 bits per heavy atom. The Bertz CT molecular complexity index is 711. The SMILES string of the molecule is Cc1cccc2c(=O)n(CC(=O)O)c(=O)[nH]c12. The number of carboxylic acids is 1. The van der Waals surface area contributed by atoms with E-state index < -0.39 is 23.8 Å². The van der Waals surface area contributed by atoms with E-state index in [1.54, 1.807) is 25.1 Å². The van der Waals surface area contributed by atoms with Crippen molar-refractivity contribution in [2.24, 2.45) is 0 Å². The minimum absolute atomic E-state index is 0.311. The number of hydrogen-bond donors (Lipinski definition) is 2. The molecule has 0 aliphatic carbocycles. The molecule has 0 aliphatic heterocycles. The zero-order valence-electron chi connectivity index (χ0n) is 9.06. The quantitative estimate of drug-likeness (QED) is 0.769. The summed E-state index contributed by atoms with van der Waals surface area (Å²) in [6, 6.07) is 5.00. The number of para-hydroxylation sites is 1. The first kappa shape index (κ1) is 11.1. The monoisotopic (exact) mass is 234 g/mol. The molecule has 2 N–H and O–H groups in total. The molecule has 2 rings (SSSR count). The number of carboxylic acid groups (broad SMARTS) is 1. The van der Waals surface area contributed by atoms with Crippen molar-refractivity contribution in [2.75, 3.05) is 0 Å². The molecule has 0 bridgehead atoms. The number of H-pyrrole nitrogens is 1. The Kier molecular flexibility index (Phi) is 2.55. The maximum atomic E-state index is 11.9. The highest BCUT2D eigenvalue weighted by molar-refractivity contribution is 5.80. The number of nitrogens with zero attached hydrogens (tertiary/aromatic N) is 1. The summed E-state index contributed by atoms with van der Waals surface area (Å²) in [5.74, 6) is -1.23. The molecule has 17 heavy (non-hydrogen) atoms. The molecular weight excluding hydrogens is 224 g/mol. The van der Waals surface area contributed by atoms with Crippen molar-refractivity contribution < 1.29 is 9.90 Å². The molecule has 2 aromatic rings. The second-order valence-electron chi connectivity index (χ2n) is 3.71. The fourth-order valence-electron chi connectivity index (χ4n) is 1.70. The predicted molar refractivity (Wildman–Crippen MR) is 61.2 cm³/mol. The number of nitrogens with one attached hydrogen (secondary N) is 1. The third-order valence-corrected chi connectivity index (χ3v) is 2.52. The van der Waals surface area contributed by atoms with E-state index in [0.717, 1.165) is 5.56 Å². The number of benzene rings is 1. The average Bonchev–Trinajstić information content (AvgIpc) is 2.26. The van der Waals surface area contributed by atoms with Gasteiger partial charge in [0.05, 0.1) is 10.9 Å². The lowest BCUT2D eigenvalue weighted by molar-refractivity contribution is -0.137. The Hall–Kier alpha value is -2.37. The van der Waals surface area contributed by atoms with Crippen LogP contribution in [-0.4, -0.2) is 20.6 Å². The van der Waals surface area contributed by atoms with Gasteiger partial charge in [0.2, 0.25) is 0 Å². The largest absolute Gasteiger partial charge is 0.480 e. The van der Waals surface area contributed by atoms with Crippen LogP contribution in [0, 0.1) is 6.92 Å². The van der Waals surface area contributed by atoms with Crippen molar-refractivity contribution in [3.63, 3.8) is 0 Å². The molecule has 0 fully saturated rings. The lowest BCUT2D eigenvalue weighted by Gasteiger charge is -2.05. The van der Waals surface area contributed by atoms with Crippen LogP contribution >= 0.6 is 0 Å². The first-order chi connectivity index (χ1) is 8.00. The highest BCUT2D eigenvalue weighted by Crippen LogP contribution is 2.09. The summed E-state index contributed by atoms with van der Waals surface area (Å²) in [5, 5.41) is 8.94. The van der Waals surface area contributed by atoms with Crippen molar-refractivity contribution in [2.45, 2.75) is 13.5 Å². The summed E-state index contributed by atoms with van der Waals surface area (Å²) in [5.41, 5.74) is -0.0858. The molecular formula is C11H10N2O4. The van der Waals surface area contributed by atoms with Crippen LogP contribution in [0.25, 0.3) is 10.9 Å². The predicted octanol–water partition coefficient (Wildman–Crippen LogP) is 0.0828. The number of aryl methyl sites for hydroxylation is 1. The number of rotatable bonds is 2. The van der Waals surface area contributed by atoms with Gasteiger partial charge < -0.3 is 10.1 Å². The summed E-state index contributed by atoms with van der Waals surface area (Å²) >= 11 is 0. The molecule has 6 nitrogen and oxygen atoms in total. The van der Waals surface area contributed by atoms with Crippen LogP contribution in [0.2, 0.25) is 0 Å². The fourth-order valence-corrected chi connectivity index (χ4v) is 1.70. The highest BCUT2D eigenvalue weighted by Gasteiger charge is 2.10. The number of aliphatic carboxylic acids is 1. The van der Waals surface area contributed by atoms with E-state index in [1.807, 2.05) is 0 Å². The first-order valence-electron chi connectivity index (χ1n) is 4.95. The van der Waals surface area contributed by atoms with Gasteiger partial charge in [0.15, 0.2) is 0 Å². The van der Waals surface area contributed by atoms with Gasteiger partial charge in [-0.2, -0.15) is 0 Å². The summed E-state index contributed by atoms with van der Waals surface area (Å²) in [7, 11) is 0. The normalized spacial score (nSPS) is 10.6. The Labute approximate surface area is 95.1 Å². The zero-order valence-corrected chi connectivity index (χ0v) is 9.06. The Balaban J connectivity index is 2.86. The molecule has 0 radical (unpaired) electrons. The molecule has 6 heteroatoms. The maximum Gasteiger partial charge on any atom is 0.329 e. The molecule has 0 atom stereocenters. The van der Waals surface area contributed by atoms with E-state index in [-0.39, 0.29) is 0 Å². The Morgan fingerprint density at radius 2 is 2.12 bits per heavy atom. The molecule has 1 aromatic carbocycles. The van der Waals surface area contributed by atoms with E-state index in [9.17, 15) is 14.4 Å². The van der Waals surface area contributed by atoms with Gasteiger partial charge >= 0.3 is 11.7 Å². The van der Waals surface area contributed by atoms with Gasteiger partial charge in [-0.15, -0.1) is 0 Å². The maximum absolute atomic E-state index is 11.9. The second kappa shape index (κ2) is 3.89. The first-order valence-corrected chi connectivity index (χ1v) is 4.95. The van der Waals surface area contributed by atoms with Gasteiger partial charge in [-0.05, 0) is 18.6 Å². The average molecular weight is 234 g/mol. The standard InChI is InChI=1S/C11H10N2O4/c1-6-3-2-4-7-9(6)12-11(17)13(10(7)16)5-8(14)15/h2-4H,5H2,1H3,(H,12,17)(H,14,15). The van der Waals surface area contributed by atoms with Crippen LogP contribution in [0.4, 0.5) is 0 Å². The number of hydrogen-bond acceptors (Lipinski definition) is 3. The molecule has 0 spiro atoms. The third-order valence-electron chi connectivity index (χ3n) is 2.52. The van der Waals surface area contributed by atoms with E-state index in [0.29, 0.717) is 15.5 Å². The van der Waals surface area contributed by atoms with Crippen LogP contribution in [0.15, 0.2) is 27.8 Å². The summed E-state index contributed by atoms with van der Waals surface area (Å²) in [4.78, 5) is 36.6.